The van der Waals surface area contributed by atoms with Crippen LogP contribution in [0.5, 0.6) is 0 Å². The summed E-state index contributed by atoms with van der Waals surface area (Å²) in [6.07, 6.45) is 0. The van der Waals surface area contributed by atoms with Crippen LogP contribution in [0.1, 0.15) is 18.9 Å². The first-order chi connectivity index (χ1) is 8.06. The summed E-state index contributed by atoms with van der Waals surface area (Å²) < 4.78 is 5.29. The number of rotatable bonds is 3. The van der Waals surface area contributed by atoms with Crippen LogP contribution in [0.4, 0.5) is 6.01 Å². The molecule has 7 heteroatoms. The first-order valence-corrected chi connectivity index (χ1v) is 6.01. The number of carbonyl (C=O) groups is 1. The van der Waals surface area contributed by atoms with Crippen molar-refractivity contribution in [2.24, 2.45) is 5.92 Å². The second-order valence-corrected chi connectivity index (χ2v) is 4.87. The molecule has 0 saturated carbocycles. The predicted molar refractivity (Wildman–Crippen MR) is 63.6 cm³/mol. The third kappa shape index (κ3) is 2.68. The Labute approximate surface area is 102 Å². The molecule has 6 nitrogen and oxygen atoms in total. The molecule has 1 N–H and O–H groups in total. The molecule has 0 saturated heterocycles. The molecule has 0 aliphatic heterocycles. The molecule has 2 aromatic rings. The van der Waals surface area contributed by atoms with Gasteiger partial charge in [0, 0.05) is 11.3 Å². The highest BCUT2D eigenvalue weighted by atomic mass is 32.1. The van der Waals surface area contributed by atoms with E-state index in [0.29, 0.717) is 11.6 Å². The maximum atomic E-state index is 11.4. The van der Waals surface area contributed by atoms with Gasteiger partial charge < -0.3 is 4.42 Å². The third-order valence-electron chi connectivity index (χ3n) is 2.02. The number of aromatic nitrogens is 3. The van der Waals surface area contributed by atoms with Crippen molar-refractivity contribution < 1.29 is 9.21 Å². The monoisotopic (exact) mass is 252 g/mol. The average Bonchev–Trinajstić information content (AvgIpc) is 2.86. The lowest BCUT2D eigenvalue weighted by Crippen LogP contribution is -2.17. The number of amides is 1. The molecule has 0 aliphatic carbocycles. The normalized spacial score (nSPS) is 10.8. The van der Waals surface area contributed by atoms with Crippen molar-refractivity contribution in [1.82, 2.24) is 15.2 Å². The van der Waals surface area contributed by atoms with Gasteiger partial charge in [0.15, 0.2) is 0 Å². The quantitative estimate of drug-likeness (QED) is 0.904. The minimum absolute atomic E-state index is 0.101. The molecule has 17 heavy (non-hydrogen) atoms. The van der Waals surface area contributed by atoms with Gasteiger partial charge in [-0.1, -0.05) is 18.9 Å². The second kappa shape index (κ2) is 4.62. The SMILES string of the molecule is Cc1nc(-c2nnc(NC(=O)C(C)C)o2)cs1. The molecule has 2 rings (SSSR count). The first kappa shape index (κ1) is 11.7. The summed E-state index contributed by atoms with van der Waals surface area (Å²) in [7, 11) is 0. The molecule has 0 unspecified atom stereocenters. The van der Waals surface area contributed by atoms with Crippen molar-refractivity contribution >= 4 is 23.3 Å². The zero-order chi connectivity index (χ0) is 12.4. The maximum absolute atomic E-state index is 11.4. The number of anilines is 1. The molecule has 0 aliphatic rings. The summed E-state index contributed by atoms with van der Waals surface area (Å²) in [6, 6.07) is 0.101. The van der Waals surface area contributed by atoms with E-state index >= 15 is 0 Å². The summed E-state index contributed by atoms with van der Waals surface area (Å²) in [5, 5.41) is 12.9. The number of carbonyl (C=O) groups excluding carboxylic acids is 1. The highest BCUT2D eigenvalue weighted by Crippen LogP contribution is 2.21. The number of nitrogens with one attached hydrogen (secondary N) is 1. The standard InChI is InChI=1S/C10H12N4O2S/c1-5(2)8(15)12-10-14-13-9(16-10)7-4-17-6(3)11-7/h4-5H,1-3H3,(H,12,14,15). The van der Waals surface area contributed by atoms with Crippen molar-refractivity contribution in [1.29, 1.82) is 0 Å². The van der Waals surface area contributed by atoms with Crippen LogP contribution >= 0.6 is 11.3 Å². The zero-order valence-corrected chi connectivity index (χ0v) is 10.5. The summed E-state index contributed by atoms with van der Waals surface area (Å²) >= 11 is 1.50. The van der Waals surface area contributed by atoms with Crippen molar-refractivity contribution in [3.63, 3.8) is 0 Å². The Morgan fingerprint density at radius 1 is 1.47 bits per heavy atom. The van der Waals surface area contributed by atoms with Gasteiger partial charge in [-0.2, -0.15) is 0 Å². The van der Waals surface area contributed by atoms with Crippen LogP contribution in [0.3, 0.4) is 0 Å². The first-order valence-electron chi connectivity index (χ1n) is 5.13. The van der Waals surface area contributed by atoms with Gasteiger partial charge in [0.25, 0.3) is 5.89 Å². The van der Waals surface area contributed by atoms with Gasteiger partial charge in [-0.3, -0.25) is 10.1 Å². The lowest BCUT2D eigenvalue weighted by Gasteiger charge is -2.01. The summed E-state index contributed by atoms with van der Waals surface area (Å²) in [5.41, 5.74) is 0.630. The molecule has 0 bridgehead atoms. The van der Waals surface area contributed by atoms with Gasteiger partial charge in [-0.15, -0.1) is 16.4 Å². The van der Waals surface area contributed by atoms with E-state index in [-0.39, 0.29) is 17.8 Å². The Kier molecular flexibility index (Phi) is 3.19. The van der Waals surface area contributed by atoms with Crippen molar-refractivity contribution in [3.8, 4) is 11.6 Å². The van der Waals surface area contributed by atoms with E-state index in [1.807, 2.05) is 12.3 Å². The van der Waals surface area contributed by atoms with Gasteiger partial charge in [0.2, 0.25) is 5.91 Å². The molecule has 0 spiro atoms. The molecule has 0 radical (unpaired) electrons. The van der Waals surface area contributed by atoms with Crippen LogP contribution in [0.15, 0.2) is 9.80 Å². The Bertz CT molecular complexity index is 532. The van der Waals surface area contributed by atoms with Crippen LogP contribution in [0.2, 0.25) is 0 Å². The second-order valence-electron chi connectivity index (χ2n) is 3.81. The molecule has 2 heterocycles. The van der Waals surface area contributed by atoms with Crippen LogP contribution in [0.25, 0.3) is 11.6 Å². The Morgan fingerprint density at radius 2 is 2.24 bits per heavy atom. The maximum Gasteiger partial charge on any atom is 0.322 e. The fraction of sp³-hybridized carbons (Fsp3) is 0.400. The number of hydrogen-bond donors (Lipinski definition) is 1. The van der Waals surface area contributed by atoms with E-state index in [2.05, 4.69) is 20.5 Å². The van der Waals surface area contributed by atoms with Crippen molar-refractivity contribution in [2.45, 2.75) is 20.8 Å². The van der Waals surface area contributed by atoms with Crippen LogP contribution < -0.4 is 5.32 Å². The smallest absolute Gasteiger partial charge is 0.322 e. The fourth-order valence-electron chi connectivity index (χ4n) is 1.09. The minimum atomic E-state index is -0.158. The molecule has 1 amide bonds. The van der Waals surface area contributed by atoms with Crippen LogP contribution in [0, 0.1) is 12.8 Å². The average molecular weight is 252 g/mol. The van der Waals surface area contributed by atoms with E-state index in [9.17, 15) is 4.79 Å². The number of hydrogen-bond acceptors (Lipinski definition) is 6. The lowest BCUT2D eigenvalue weighted by molar-refractivity contribution is -0.119. The summed E-state index contributed by atoms with van der Waals surface area (Å²) in [5.74, 6) is 0.0231. The number of nitrogens with zero attached hydrogens (tertiary/aromatic N) is 3. The molecule has 0 atom stereocenters. The van der Waals surface area contributed by atoms with Gasteiger partial charge in [0.1, 0.15) is 5.69 Å². The number of aryl methyl sites for hydroxylation is 1. The Balaban J connectivity index is 2.14. The van der Waals surface area contributed by atoms with E-state index in [1.54, 1.807) is 13.8 Å². The molecule has 0 fully saturated rings. The molecule has 0 aromatic carbocycles. The van der Waals surface area contributed by atoms with Crippen LogP contribution in [-0.4, -0.2) is 21.1 Å². The Morgan fingerprint density at radius 3 is 2.82 bits per heavy atom. The van der Waals surface area contributed by atoms with Gasteiger partial charge in [-0.05, 0) is 6.92 Å². The van der Waals surface area contributed by atoms with Crippen molar-refractivity contribution in [2.75, 3.05) is 5.32 Å². The van der Waals surface area contributed by atoms with Crippen molar-refractivity contribution in [3.05, 3.63) is 10.4 Å². The lowest BCUT2D eigenvalue weighted by atomic mass is 10.2. The third-order valence-corrected chi connectivity index (χ3v) is 2.79. The highest BCUT2D eigenvalue weighted by molar-refractivity contribution is 7.09. The summed E-state index contributed by atoms with van der Waals surface area (Å²) in [4.78, 5) is 15.6. The fourth-order valence-corrected chi connectivity index (χ4v) is 1.68. The van der Waals surface area contributed by atoms with Crippen LogP contribution in [-0.2, 0) is 4.79 Å². The molecule has 2 aromatic heterocycles. The summed E-state index contributed by atoms with van der Waals surface area (Å²) in [6.45, 7) is 5.47. The predicted octanol–water partition coefficient (Wildman–Crippen LogP) is 2.10. The molecular weight excluding hydrogens is 240 g/mol. The number of thiazole rings is 1. The van der Waals surface area contributed by atoms with Gasteiger partial charge in [-0.25, -0.2) is 4.98 Å². The molecule has 90 valence electrons. The van der Waals surface area contributed by atoms with E-state index < -0.39 is 0 Å². The van der Waals surface area contributed by atoms with Gasteiger partial charge >= 0.3 is 6.01 Å². The minimum Gasteiger partial charge on any atom is -0.401 e. The van der Waals surface area contributed by atoms with E-state index in [4.69, 9.17) is 4.42 Å². The highest BCUT2D eigenvalue weighted by Gasteiger charge is 2.14. The topological polar surface area (TPSA) is 80.9 Å². The largest absolute Gasteiger partial charge is 0.401 e. The van der Waals surface area contributed by atoms with E-state index in [1.165, 1.54) is 11.3 Å². The molecular formula is C10H12N4O2S. The zero-order valence-electron chi connectivity index (χ0n) is 9.72. The Hall–Kier alpha value is -1.76. The van der Waals surface area contributed by atoms with E-state index in [0.717, 1.165) is 5.01 Å². The van der Waals surface area contributed by atoms with Gasteiger partial charge in [0.05, 0.1) is 5.01 Å².